The molecule has 0 aliphatic heterocycles. The van der Waals surface area contributed by atoms with E-state index in [2.05, 4.69) is 31.0 Å². The van der Waals surface area contributed by atoms with Gasteiger partial charge in [0.2, 0.25) is 0 Å². The molecule has 1 aromatic rings. The Balaban J connectivity index is 2.89. The van der Waals surface area contributed by atoms with Crippen molar-refractivity contribution in [3.05, 3.63) is 11.6 Å². The molecule has 0 aromatic carbocycles. The lowest BCUT2D eigenvalue weighted by Gasteiger charge is -2.24. The lowest BCUT2D eigenvalue weighted by molar-refractivity contribution is 0.110. The molecule has 1 rings (SSSR count). The van der Waals surface area contributed by atoms with E-state index in [9.17, 15) is 5.11 Å². The third-order valence-electron chi connectivity index (χ3n) is 2.79. The Kier molecular flexibility index (Phi) is 4.65. The van der Waals surface area contributed by atoms with Crippen molar-refractivity contribution < 1.29 is 9.84 Å². The predicted molar refractivity (Wildman–Crippen MR) is 65.7 cm³/mol. The molecule has 98 valence electrons. The van der Waals surface area contributed by atoms with Gasteiger partial charge < -0.3 is 14.4 Å². The molecule has 0 aliphatic carbocycles. The van der Waals surface area contributed by atoms with Gasteiger partial charge in [-0.3, -0.25) is 0 Å². The first kappa shape index (κ1) is 14.1. The Morgan fingerprint density at radius 3 is 2.35 bits per heavy atom. The lowest BCUT2D eigenvalue weighted by Crippen LogP contribution is -2.27. The maximum Gasteiger partial charge on any atom is 0.159 e. The van der Waals surface area contributed by atoms with E-state index in [1.807, 2.05) is 11.5 Å². The molecular formula is C12H23N3O2. The van der Waals surface area contributed by atoms with Gasteiger partial charge in [0.1, 0.15) is 12.4 Å². The number of aromatic nitrogens is 3. The van der Waals surface area contributed by atoms with Crippen molar-refractivity contribution in [1.82, 2.24) is 14.8 Å². The Morgan fingerprint density at radius 1 is 1.29 bits per heavy atom. The van der Waals surface area contributed by atoms with Gasteiger partial charge >= 0.3 is 0 Å². The molecule has 0 radical (unpaired) electrons. The molecule has 0 amide bonds. The van der Waals surface area contributed by atoms with E-state index in [4.69, 9.17) is 4.74 Å². The maximum absolute atomic E-state index is 9.27. The second kappa shape index (κ2) is 5.60. The molecule has 5 nitrogen and oxygen atoms in total. The van der Waals surface area contributed by atoms with E-state index >= 15 is 0 Å². The summed E-state index contributed by atoms with van der Waals surface area (Å²) in [7, 11) is 1.71. The normalized spacial score (nSPS) is 14.0. The van der Waals surface area contributed by atoms with Crippen LogP contribution < -0.4 is 0 Å². The number of ether oxygens (including phenoxy) is 1. The van der Waals surface area contributed by atoms with Crippen molar-refractivity contribution in [3.8, 4) is 0 Å². The van der Waals surface area contributed by atoms with Gasteiger partial charge in [0.05, 0.1) is 6.10 Å². The number of methoxy groups -OCH3 is 1. The summed E-state index contributed by atoms with van der Waals surface area (Å²) in [5.74, 6) is 1.53. The van der Waals surface area contributed by atoms with Crippen molar-refractivity contribution in [2.75, 3.05) is 7.11 Å². The molecule has 1 unspecified atom stereocenters. The molecule has 1 atom stereocenters. The molecule has 0 spiro atoms. The van der Waals surface area contributed by atoms with E-state index in [0.29, 0.717) is 5.82 Å². The smallest absolute Gasteiger partial charge is 0.159 e. The highest BCUT2D eigenvalue weighted by molar-refractivity contribution is 5.00. The van der Waals surface area contributed by atoms with Crippen LogP contribution in [-0.2, 0) is 23.3 Å². The van der Waals surface area contributed by atoms with Crippen LogP contribution in [0.2, 0.25) is 0 Å². The number of nitrogens with zero attached hydrogens (tertiary/aromatic N) is 3. The van der Waals surface area contributed by atoms with Crippen molar-refractivity contribution in [2.45, 2.75) is 58.8 Å². The number of aryl methyl sites for hydroxylation is 1. The summed E-state index contributed by atoms with van der Waals surface area (Å²) in [6, 6.07) is 0. The lowest BCUT2D eigenvalue weighted by atomic mass is 10.1. The number of hydrogen-bond donors (Lipinski definition) is 1. The van der Waals surface area contributed by atoms with Crippen molar-refractivity contribution in [2.24, 2.45) is 0 Å². The van der Waals surface area contributed by atoms with Crippen LogP contribution in [0.25, 0.3) is 0 Å². The summed E-state index contributed by atoms with van der Waals surface area (Å²) in [5.41, 5.74) is -0.118. The minimum absolute atomic E-state index is 0.0793. The van der Waals surface area contributed by atoms with E-state index in [1.54, 1.807) is 7.11 Å². The van der Waals surface area contributed by atoms with Crippen LogP contribution in [0.5, 0.6) is 0 Å². The van der Waals surface area contributed by atoms with E-state index in [1.165, 1.54) is 0 Å². The summed E-state index contributed by atoms with van der Waals surface area (Å²) in [5, 5.41) is 17.5. The Morgan fingerprint density at radius 2 is 1.88 bits per heavy atom. The van der Waals surface area contributed by atoms with Crippen molar-refractivity contribution in [1.29, 1.82) is 0 Å². The summed E-state index contributed by atoms with van der Waals surface area (Å²) in [4.78, 5) is 0. The van der Waals surface area contributed by atoms with Crippen LogP contribution in [0.4, 0.5) is 0 Å². The SMILES string of the molecule is COC(C)CCc1nnc(CO)n1C(C)(C)C. The fourth-order valence-electron chi connectivity index (χ4n) is 1.84. The number of hydrogen-bond acceptors (Lipinski definition) is 4. The van der Waals surface area contributed by atoms with Crippen LogP contribution in [0.1, 0.15) is 45.8 Å². The molecule has 0 fully saturated rings. The van der Waals surface area contributed by atoms with Gasteiger partial charge in [-0.1, -0.05) is 0 Å². The molecule has 0 aliphatic rings. The molecule has 0 saturated carbocycles. The minimum atomic E-state index is -0.118. The number of rotatable bonds is 5. The van der Waals surface area contributed by atoms with Crippen LogP contribution in [0.3, 0.4) is 0 Å². The zero-order valence-electron chi connectivity index (χ0n) is 11.4. The first-order valence-electron chi connectivity index (χ1n) is 5.97. The van der Waals surface area contributed by atoms with Crippen LogP contribution in [0, 0.1) is 0 Å². The summed E-state index contributed by atoms with van der Waals surface area (Å²) < 4.78 is 7.23. The zero-order chi connectivity index (χ0) is 13.1. The molecule has 5 heteroatoms. The fraction of sp³-hybridized carbons (Fsp3) is 0.833. The monoisotopic (exact) mass is 241 g/mol. The predicted octanol–water partition coefficient (Wildman–Crippen LogP) is 1.49. The van der Waals surface area contributed by atoms with Gasteiger partial charge in [0.15, 0.2) is 5.82 Å². The van der Waals surface area contributed by atoms with E-state index < -0.39 is 0 Å². The molecule has 0 saturated heterocycles. The number of aliphatic hydroxyl groups is 1. The van der Waals surface area contributed by atoms with Crippen LogP contribution in [0.15, 0.2) is 0 Å². The van der Waals surface area contributed by atoms with Gasteiger partial charge in [-0.05, 0) is 34.1 Å². The molecule has 1 heterocycles. The van der Waals surface area contributed by atoms with Gasteiger partial charge in [-0.2, -0.15) is 0 Å². The van der Waals surface area contributed by atoms with Crippen LogP contribution in [-0.4, -0.2) is 33.1 Å². The molecule has 0 bridgehead atoms. The molecular weight excluding hydrogens is 218 g/mol. The largest absolute Gasteiger partial charge is 0.388 e. The fourth-order valence-corrected chi connectivity index (χ4v) is 1.84. The highest BCUT2D eigenvalue weighted by Gasteiger charge is 2.22. The van der Waals surface area contributed by atoms with Gasteiger partial charge in [-0.15, -0.1) is 10.2 Å². The Hall–Kier alpha value is -0.940. The maximum atomic E-state index is 9.27. The van der Waals surface area contributed by atoms with Crippen molar-refractivity contribution in [3.63, 3.8) is 0 Å². The zero-order valence-corrected chi connectivity index (χ0v) is 11.4. The minimum Gasteiger partial charge on any atom is -0.388 e. The standard InChI is InChI=1S/C12H23N3O2/c1-9(17-5)6-7-10-13-14-11(8-16)15(10)12(2,3)4/h9,16H,6-8H2,1-5H3. The number of aliphatic hydroxyl groups excluding tert-OH is 1. The molecule has 17 heavy (non-hydrogen) atoms. The summed E-state index contributed by atoms with van der Waals surface area (Å²) in [6.45, 7) is 8.20. The third-order valence-corrected chi connectivity index (χ3v) is 2.79. The molecule has 1 aromatic heterocycles. The van der Waals surface area contributed by atoms with Gasteiger partial charge in [0.25, 0.3) is 0 Å². The summed E-state index contributed by atoms with van der Waals surface area (Å²) >= 11 is 0. The van der Waals surface area contributed by atoms with Gasteiger partial charge in [0, 0.05) is 19.1 Å². The third kappa shape index (κ3) is 3.51. The van der Waals surface area contributed by atoms with Crippen LogP contribution >= 0.6 is 0 Å². The average Bonchev–Trinajstić information content (AvgIpc) is 2.68. The molecule has 1 N–H and O–H groups in total. The van der Waals surface area contributed by atoms with Crippen molar-refractivity contribution >= 4 is 0 Å². The average molecular weight is 241 g/mol. The second-order valence-electron chi connectivity index (χ2n) is 5.28. The first-order valence-corrected chi connectivity index (χ1v) is 5.97. The quantitative estimate of drug-likeness (QED) is 0.848. The van der Waals surface area contributed by atoms with E-state index in [-0.39, 0.29) is 18.2 Å². The Bertz CT molecular complexity index is 355. The van der Waals surface area contributed by atoms with Gasteiger partial charge in [-0.25, -0.2) is 0 Å². The highest BCUT2D eigenvalue weighted by Crippen LogP contribution is 2.20. The first-order chi connectivity index (χ1) is 7.90. The summed E-state index contributed by atoms with van der Waals surface area (Å²) in [6.07, 6.45) is 1.91. The Labute approximate surface area is 103 Å². The second-order valence-corrected chi connectivity index (χ2v) is 5.28. The highest BCUT2D eigenvalue weighted by atomic mass is 16.5. The van der Waals surface area contributed by atoms with E-state index in [0.717, 1.165) is 18.7 Å². The topological polar surface area (TPSA) is 60.2 Å².